The Hall–Kier alpha value is -3.41. The number of anilines is 1. The highest BCUT2D eigenvalue weighted by molar-refractivity contribution is 5.85. The minimum atomic E-state index is -0.619. The highest BCUT2D eigenvalue weighted by Crippen LogP contribution is 2.09. The van der Waals surface area contributed by atoms with Gasteiger partial charge in [0.05, 0.1) is 30.8 Å². The number of carbonyl (C=O) groups excluding carboxylic acids is 2. The summed E-state index contributed by atoms with van der Waals surface area (Å²) in [4.78, 5) is 27.5. The third kappa shape index (κ3) is 5.04. The van der Waals surface area contributed by atoms with Crippen LogP contribution >= 0.6 is 0 Å². The van der Waals surface area contributed by atoms with Gasteiger partial charge >= 0.3 is 5.97 Å². The normalized spacial score (nSPS) is 11.2. The van der Waals surface area contributed by atoms with Crippen molar-refractivity contribution in [1.29, 1.82) is 5.26 Å². The molecule has 130 valence electrons. The summed E-state index contributed by atoms with van der Waals surface area (Å²) in [5.74, 6) is -0.597. The van der Waals surface area contributed by atoms with E-state index in [2.05, 4.69) is 25.8 Å². The van der Waals surface area contributed by atoms with Gasteiger partial charge in [0.1, 0.15) is 5.82 Å². The van der Waals surface area contributed by atoms with E-state index in [4.69, 9.17) is 10.00 Å². The summed E-state index contributed by atoms with van der Waals surface area (Å²) in [7, 11) is 0. The third-order valence-electron chi connectivity index (χ3n) is 3.22. The maximum Gasteiger partial charge on any atom is 0.378 e. The number of nitriles is 1. The van der Waals surface area contributed by atoms with Crippen molar-refractivity contribution in [2.75, 3.05) is 18.5 Å². The van der Waals surface area contributed by atoms with Gasteiger partial charge < -0.3 is 15.4 Å². The number of amides is 1. The van der Waals surface area contributed by atoms with Crippen LogP contribution in [-0.2, 0) is 9.53 Å². The van der Waals surface area contributed by atoms with Crippen molar-refractivity contribution in [3.8, 4) is 6.07 Å². The minimum Gasteiger partial charge on any atom is -0.460 e. The zero-order chi connectivity index (χ0) is 18.2. The first-order chi connectivity index (χ1) is 12.0. The number of aromatic nitrogens is 3. The molecule has 1 aromatic heterocycles. The number of carbonyl (C=O) groups is 2. The standard InChI is InChI=1S/C16H18N6O3/c1-3-25-16(24)15-20-14(21-22-15)10(2)19-13(23)9-18-12-6-4-11(8-17)5-7-12/h4-7,10,18H,3,9H2,1-2H3,(H,19,23)(H,20,21,22). The number of hydrogen-bond donors (Lipinski definition) is 3. The van der Waals surface area contributed by atoms with Crippen molar-refractivity contribution in [1.82, 2.24) is 20.5 Å². The number of esters is 1. The molecule has 1 amide bonds. The first-order valence-electron chi connectivity index (χ1n) is 7.66. The van der Waals surface area contributed by atoms with Gasteiger partial charge in [-0.1, -0.05) is 0 Å². The van der Waals surface area contributed by atoms with Crippen LogP contribution in [0.5, 0.6) is 0 Å². The Morgan fingerprint density at radius 1 is 1.36 bits per heavy atom. The summed E-state index contributed by atoms with van der Waals surface area (Å²) in [6.07, 6.45) is 0. The number of nitrogens with one attached hydrogen (secondary N) is 3. The third-order valence-corrected chi connectivity index (χ3v) is 3.22. The van der Waals surface area contributed by atoms with Crippen molar-refractivity contribution in [2.45, 2.75) is 19.9 Å². The van der Waals surface area contributed by atoms with Crippen LogP contribution < -0.4 is 10.6 Å². The summed E-state index contributed by atoms with van der Waals surface area (Å²) in [5.41, 5.74) is 1.28. The lowest BCUT2D eigenvalue weighted by Gasteiger charge is -2.12. The molecule has 1 atom stereocenters. The zero-order valence-electron chi connectivity index (χ0n) is 13.9. The summed E-state index contributed by atoms with van der Waals surface area (Å²) in [5, 5.41) is 20.8. The SMILES string of the molecule is CCOC(=O)c1n[nH]c(C(C)NC(=O)CNc2ccc(C#N)cc2)n1. The second-order valence-corrected chi connectivity index (χ2v) is 5.10. The highest BCUT2D eigenvalue weighted by Gasteiger charge is 2.18. The molecule has 0 bridgehead atoms. The van der Waals surface area contributed by atoms with E-state index in [0.717, 1.165) is 5.69 Å². The summed E-state index contributed by atoms with van der Waals surface area (Å²) >= 11 is 0. The van der Waals surface area contributed by atoms with Gasteiger partial charge in [-0.2, -0.15) is 5.26 Å². The molecule has 0 aliphatic carbocycles. The Morgan fingerprint density at radius 3 is 2.72 bits per heavy atom. The highest BCUT2D eigenvalue weighted by atomic mass is 16.5. The smallest absolute Gasteiger partial charge is 0.378 e. The van der Waals surface area contributed by atoms with Gasteiger partial charge in [-0.15, -0.1) is 5.10 Å². The average Bonchev–Trinajstić information content (AvgIpc) is 3.11. The van der Waals surface area contributed by atoms with Gasteiger partial charge in [0.15, 0.2) is 0 Å². The number of H-pyrrole nitrogens is 1. The molecule has 25 heavy (non-hydrogen) atoms. The van der Waals surface area contributed by atoms with Gasteiger partial charge in [0.25, 0.3) is 5.82 Å². The fraction of sp³-hybridized carbons (Fsp3) is 0.312. The Labute approximate surface area is 144 Å². The molecule has 2 aromatic rings. The molecule has 3 N–H and O–H groups in total. The Balaban J connectivity index is 1.85. The molecular weight excluding hydrogens is 324 g/mol. The van der Waals surface area contributed by atoms with E-state index in [1.807, 2.05) is 6.07 Å². The van der Waals surface area contributed by atoms with E-state index in [1.165, 1.54) is 0 Å². The van der Waals surface area contributed by atoms with Crippen LogP contribution in [0.15, 0.2) is 24.3 Å². The Bertz CT molecular complexity index is 778. The van der Waals surface area contributed by atoms with Crippen LogP contribution in [0.3, 0.4) is 0 Å². The molecule has 0 saturated carbocycles. The van der Waals surface area contributed by atoms with Crippen LogP contribution in [0.1, 0.15) is 41.9 Å². The van der Waals surface area contributed by atoms with Crippen molar-refractivity contribution in [3.05, 3.63) is 41.5 Å². The topological polar surface area (TPSA) is 133 Å². The monoisotopic (exact) mass is 342 g/mol. The molecule has 1 aromatic carbocycles. The first-order valence-corrected chi connectivity index (χ1v) is 7.66. The van der Waals surface area contributed by atoms with Gasteiger partial charge in [-0.05, 0) is 38.1 Å². The van der Waals surface area contributed by atoms with E-state index >= 15 is 0 Å². The lowest BCUT2D eigenvalue weighted by atomic mass is 10.2. The summed E-state index contributed by atoms with van der Waals surface area (Å²) < 4.78 is 4.80. The van der Waals surface area contributed by atoms with E-state index in [-0.39, 0.29) is 24.9 Å². The molecular formula is C16H18N6O3. The van der Waals surface area contributed by atoms with E-state index < -0.39 is 12.0 Å². The molecule has 1 unspecified atom stereocenters. The zero-order valence-corrected chi connectivity index (χ0v) is 13.9. The quantitative estimate of drug-likeness (QED) is 0.643. The number of hydrogen-bond acceptors (Lipinski definition) is 7. The fourth-order valence-electron chi connectivity index (χ4n) is 1.96. The molecule has 0 aliphatic rings. The molecule has 9 heteroatoms. The summed E-state index contributed by atoms with van der Waals surface area (Å²) in [6.45, 7) is 3.69. The molecule has 0 fully saturated rings. The van der Waals surface area contributed by atoms with Gasteiger partial charge in [0, 0.05) is 5.69 Å². The molecule has 2 rings (SSSR count). The first kappa shape index (κ1) is 17.9. The second kappa shape index (κ2) is 8.44. The number of benzene rings is 1. The number of nitrogens with zero attached hydrogens (tertiary/aromatic N) is 3. The second-order valence-electron chi connectivity index (χ2n) is 5.10. The van der Waals surface area contributed by atoms with E-state index in [0.29, 0.717) is 11.4 Å². The van der Waals surface area contributed by atoms with Crippen LogP contribution in [0.25, 0.3) is 0 Å². The lowest BCUT2D eigenvalue weighted by Crippen LogP contribution is -2.32. The molecule has 0 aliphatic heterocycles. The van der Waals surface area contributed by atoms with Crippen LogP contribution in [0.2, 0.25) is 0 Å². The number of aromatic amines is 1. The van der Waals surface area contributed by atoms with Crippen LogP contribution in [0.4, 0.5) is 5.69 Å². The Morgan fingerprint density at radius 2 is 2.08 bits per heavy atom. The predicted molar refractivity (Wildman–Crippen MR) is 88.5 cm³/mol. The number of rotatable bonds is 7. The largest absolute Gasteiger partial charge is 0.460 e. The minimum absolute atomic E-state index is 0.0507. The molecule has 0 radical (unpaired) electrons. The average molecular weight is 342 g/mol. The van der Waals surface area contributed by atoms with Crippen LogP contribution in [-0.4, -0.2) is 40.2 Å². The van der Waals surface area contributed by atoms with Gasteiger partial charge in [-0.25, -0.2) is 9.78 Å². The molecule has 0 saturated heterocycles. The summed E-state index contributed by atoms with van der Waals surface area (Å²) in [6, 6.07) is 8.33. The molecule has 0 spiro atoms. The predicted octanol–water partition coefficient (Wildman–Crippen LogP) is 1.14. The van der Waals surface area contributed by atoms with E-state index in [1.54, 1.807) is 38.1 Å². The van der Waals surface area contributed by atoms with Gasteiger partial charge in [-0.3, -0.25) is 9.89 Å². The van der Waals surface area contributed by atoms with Crippen LogP contribution in [0, 0.1) is 11.3 Å². The van der Waals surface area contributed by atoms with Gasteiger partial charge in [0.2, 0.25) is 5.91 Å². The maximum absolute atomic E-state index is 12.0. The molecule has 9 nitrogen and oxygen atoms in total. The van der Waals surface area contributed by atoms with Crippen molar-refractivity contribution < 1.29 is 14.3 Å². The fourth-order valence-corrected chi connectivity index (χ4v) is 1.96. The van der Waals surface area contributed by atoms with Crippen molar-refractivity contribution >= 4 is 17.6 Å². The number of ether oxygens (including phenoxy) is 1. The maximum atomic E-state index is 12.0. The van der Waals surface area contributed by atoms with Crippen molar-refractivity contribution in [3.63, 3.8) is 0 Å². The Kier molecular flexibility index (Phi) is 6.06. The van der Waals surface area contributed by atoms with Crippen molar-refractivity contribution in [2.24, 2.45) is 0 Å². The van der Waals surface area contributed by atoms with E-state index in [9.17, 15) is 9.59 Å². The lowest BCUT2D eigenvalue weighted by molar-refractivity contribution is -0.120. The molecule has 1 heterocycles.